The van der Waals surface area contributed by atoms with Crippen molar-refractivity contribution in [1.29, 1.82) is 0 Å². The number of nitrogens with two attached hydrogens (primary N) is 1. The molecule has 1 heterocycles. The summed E-state index contributed by atoms with van der Waals surface area (Å²) in [5.74, 6) is 0. The maximum atomic E-state index is 12.3. The number of nitrogen functional groups attached to an aromatic ring is 1. The van der Waals surface area contributed by atoms with E-state index in [-0.39, 0.29) is 33.7 Å². The first kappa shape index (κ1) is 13.9. The molecule has 3 N–H and O–H groups in total. The lowest BCUT2D eigenvalue weighted by atomic mass is 10.3. The Labute approximate surface area is 115 Å². The lowest BCUT2D eigenvalue weighted by Crippen LogP contribution is -2.30. The Morgan fingerprint density at radius 3 is 2.61 bits per heavy atom. The van der Waals surface area contributed by atoms with Gasteiger partial charge < -0.3 is 10.8 Å². The molecule has 0 bridgehead atoms. The highest BCUT2D eigenvalue weighted by Crippen LogP contribution is 2.35. The van der Waals surface area contributed by atoms with Gasteiger partial charge in [0.05, 0.1) is 21.8 Å². The fourth-order valence-electron chi connectivity index (χ4n) is 1.82. The third-order valence-electron chi connectivity index (χ3n) is 2.84. The van der Waals surface area contributed by atoms with Crippen LogP contribution in [-0.4, -0.2) is 37.0 Å². The average Bonchev–Trinajstić information content (AvgIpc) is 2.73. The molecule has 0 unspecified atom stereocenters. The molecule has 1 saturated heterocycles. The number of halogens is 2. The van der Waals surface area contributed by atoms with Crippen LogP contribution in [0.2, 0.25) is 10.0 Å². The third kappa shape index (κ3) is 2.31. The van der Waals surface area contributed by atoms with Crippen molar-refractivity contribution in [2.75, 3.05) is 18.8 Å². The van der Waals surface area contributed by atoms with Crippen molar-refractivity contribution in [1.82, 2.24) is 4.31 Å². The largest absolute Gasteiger partial charge is 0.396 e. The van der Waals surface area contributed by atoms with E-state index in [0.29, 0.717) is 6.42 Å². The van der Waals surface area contributed by atoms with E-state index < -0.39 is 16.1 Å². The number of nitrogens with zero attached hydrogens (tertiary/aromatic N) is 1. The van der Waals surface area contributed by atoms with Crippen LogP contribution in [0.3, 0.4) is 0 Å². The van der Waals surface area contributed by atoms with E-state index in [1.54, 1.807) is 0 Å². The number of β-amino-alcohol motifs (C(OH)–C–C–N with tert-alkyl or cyclic N) is 1. The summed E-state index contributed by atoms with van der Waals surface area (Å²) in [4.78, 5) is -0.0832. The number of hydrogen-bond acceptors (Lipinski definition) is 4. The Balaban J connectivity index is 2.45. The quantitative estimate of drug-likeness (QED) is 0.807. The van der Waals surface area contributed by atoms with Crippen molar-refractivity contribution in [3.05, 3.63) is 22.2 Å². The van der Waals surface area contributed by atoms with Crippen molar-refractivity contribution in [3.8, 4) is 0 Å². The van der Waals surface area contributed by atoms with Crippen LogP contribution >= 0.6 is 23.2 Å². The zero-order valence-electron chi connectivity index (χ0n) is 9.31. The summed E-state index contributed by atoms with van der Waals surface area (Å²) in [5, 5.41) is 9.52. The number of aliphatic hydroxyl groups is 1. The molecule has 0 amide bonds. The molecular formula is C10H12Cl2N2O3S. The molecule has 0 radical (unpaired) electrons. The predicted octanol–water partition coefficient (Wildman–Crippen LogP) is 1.33. The van der Waals surface area contributed by atoms with Crippen molar-refractivity contribution >= 4 is 38.9 Å². The predicted molar refractivity (Wildman–Crippen MR) is 70.3 cm³/mol. The van der Waals surface area contributed by atoms with E-state index in [1.165, 1.54) is 16.4 Å². The van der Waals surface area contributed by atoms with Gasteiger partial charge in [0.15, 0.2) is 0 Å². The zero-order chi connectivity index (χ0) is 13.5. The fourth-order valence-corrected chi connectivity index (χ4v) is 4.05. The van der Waals surface area contributed by atoms with Gasteiger partial charge in [-0.1, -0.05) is 23.2 Å². The lowest BCUT2D eigenvalue weighted by molar-refractivity contribution is 0.189. The Bertz CT molecular complexity index is 577. The summed E-state index contributed by atoms with van der Waals surface area (Å²) in [5.41, 5.74) is 5.65. The molecule has 1 aromatic carbocycles. The van der Waals surface area contributed by atoms with Crippen LogP contribution in [0, 0.1) is 0 Å². The number of anilines is 1. The third-order valence-corrected chi connectivity index (χ3v) is 5.59. The normalized spacial score (nSPS) is 21.4. The Kier molecular flexibility index (Phi) is 3.75. The van der Waals surface area contributed by atoms with Gasteiger partial charge in [0, 0.05) is 13.1 Å². The number of sulfonamides is 1. The molecular weight excluding hydrogens is 299 g/mol. The molecule has 100 valence electrons. The summed E-state index contributed by atoms with van der Waals surface area (Å²) >= 11 is 11.7. The Morgan fingerprint density at radius 2 is 2.06 bits per heavy atom. The van der Waals surface area contributed by atoms with Gasteiger partial charge in [-0.2, -0.15) is 4.31 Å². The van der Waals surface area contributed by atoms with Crippen LogP contribution < -0.4 is 5.73 Å². The summed E-state index contributed by atoms with van der Waals surface area (Å²) in [7, 11) is -3.74. The monoisotopic (exact) mass is 310 g/mol. The average molecular weight is 311 g/mol. The molecule has 0 aliphatic carbocycles. The second-order valence-electron chi connectivity index (χ2n) is 4.08. The molecule has 1 aliphatic heterocycles. The van der Waals surface area contributed by atoms with Crippen LogP contribution in [0.15, 0.2) is 17.0 Å². The smallest absolute Gasteiger partial charge is 0.244 e. The molecule has 2 rings (SSSR count). The first-order chi connectivity index (χ1) is 8.34. The molecule has 1 fully saturated rings. The minimum Gasteiger partial charge on any atom is -0.396 e. The number of hydrogen-bond donors (Lipinski definition) is 2. The van der Waals surface area contributed by atoms with Gasteiger partial charge in [-0.15, -0.1) is 0 Å². The van der Waals surface area contributed by atoms with Crippen molar-refractivity contribution in [2.24, 2.45) is 0 Å². The highest BCUT2D eigenvalue weighted by molar-refractivity contribution is 7.89. The van der Waals surface area contributed by atoms with Crippen molar-refractivity contribution in [3.63, 3.8) is 0 Å². The fraction of sp³-hybridized carbons (Fsp3) is 0.400. The lowest BCUT2D eigenvalue weighted by Gasteiger charge is -2.17. The highest BCUT2D eigenvalue weighted by atomic mass is 35.5. The van der Waals surface area contributed by atoms with E-state index >= 15 is 0 Å². The van der Waals surface area contributed by atoms with Crippen LogP contribution in [0.1, 0.15) is 6.42 Å². The molecule has 0 aromatic heterocycles. The molecule has 18 heavy (non-hydrogen) atoms. The standard InChI is InChI=1S/C10H12Cl2N2O3S/c11-7-1-2-8(9(12)10(7)13)18(16,17)14-4-3-6(15)5-14/h1-2,6,15H,3-5,13H2/t6-/m0/s1. The van der Waals surface area contributed by atoms with Crippen LogP contribution in [-0.2, 0) is 10.0 Å². The van der Waals surface area contributed by atoms with Gasteiger partial charge in [0.25, 0.3) is 0 Å². The van der Waals surface area contributed by atoms with Gasteiger partial charge >= 0.3 is 0 Å². The molecule has 5 nitrogen and oxygen atoms in total. The minimum atomic E-state index is -3.74. The van der Waals surface area contributed by atoms with E-state index in [4.69, 9.17) is 28.9 Å². The number of benzene rings is 1. The topological polar surface area (TPSA) is 83.6 Å². The van der Waals surface area contributed by atoms with Crippen LogP contribution in [0.5, 0.6) is 0 Å². The molecule has 1 atom stereocenters. The van der Waals surface area contributed by atoms with Crippen molar-refractivity contribution < 1.29 is 13.5 Å². The summed E-state index contributed by atoms with van der Waals surface area (Å²) < 4.78 is 25.8. The molecule has 0 spiro atoms. The summed E-state index contributed by atoms with van der Waals surface area (Å²) in [6.07, 6.45) is -0.219. The van der Waals surface area contributed by atoms with Gasteiger partial charge in [-0.3, -0.25) is 0 Å². The molecule has 1 aromatic rings. The molecule has 0 saturated carbocycles. The SMILES string of the molecule is Nc1c(Cl)ccc(S(=O)(=O)N2CC[C@H](O)C2)c1Cl. The maximum Gasteiger partial charge on any atom is 0.244 e. The Morgan fingerprint density at radius 1 is 1.39 bits per heavy atom. The van der Waals surface area contributed by atoms with Crippen LogP contribution in [0.25, 0.3) is 0 Å². The van der Waals surface area contributed by atoms with Gasteiger partial charge in [-0.25, -0.2) is 8.42 Å². The van der Waals surface area contributed by atoms with E-state index in [2.05, 4.69) is 0 Å². The number of aliphatic hydroxyl groups excluding tert-OH is 1. The zero-order valence-corrected chi connectivity index (χ0v) is 11.6. The second-order valence-corrected chi connectivity index (χ2v) is 6.77. The first-order valence-electron chi connectivity index (χ1n) is 5.25. The van der Waals surface area contributed by atoms with Gasteiger partial charge in [0.2, 0.25) is 10.0 Å². The van der Waals surface area contributed by atoms with Gasteiger partial charge in [0.1, 0.15) is 4.90 Å². The van der Waals surface area contributed by atoms with E-state index in [9.17, 15) is 13.5 Å². The van der Waals surface area contributed by atoms with Crippen molar-refractivity contribution in [2.45, 2.75) is 17.4 Å². The second kappa shape index (κ2) is 4.86. The summed E-state index contributed by atoms with van der Waals surface area (Å²) in [6, 6.07) is 2.71. The minimum absolute atomic E-state index is 0.0409. The number of rotatable bonds is 2. The molecule has 1 aliphatic rings. The summed E-state index contributed by atoms with van der Waals surface area (Å²) in [6.45, 7) is 0.337. The van der Waals surface area contributed by atoms with Gasteiger partial charge in [-0.05, 0) is 18.6 Å². The highest BCUT2D eigenvalue weighted by Gasteiger charge is 2.33. The van der Waals surface area contributed by atoms with E-state index in [0.717, 1.165) is 0 Å². The molecule has 8 heteroatoms. The van der Waals surface area contributed by atoms with Crippen LogP contribution in [0.4, 0.5) is 5.69 Å². The van der Waals surface area contributed by atoms with E-state index in [1.807, 2.05) is 0 Å². The first-order valence-corrected chi connectivity index (χ1v) is 7.45. The Hall–Kier alpha value is -0.530. The maximum absolute atomic E-state index is 12.3.